The molecule has 1 heterocycles. The topological polar surface area (TPSA) is 95.2 Å². The number of nitrogens with zero attached hydrogens (tertiary/aromatic N) is 1. The van der Waals surface area contributed by atoms with E-state index in [0.29, 0.717) is 16.9 Å². The third kappa shape index (κ3) is 1.99. The fourth-order valence-corrected chi connectivity index (χ4v) is 1.77. The van der Waals surface area contributed by atoms with E-state index in [1.807, 2.05) is 26.8 Å². The minimum Gasteiger partial charge on any atom is -0.504 e. The Morgan fingerprint density at radius 1 is 1.17 bits per heavy atom. The van der Waals surface area contributed by atoms with Crippen LogP contribution in [0.2, 0.25) is 0 Å². The highest BCUT2D eigenvalue weighted by molar-refractivity contribution is 5.80. The smallest absolute Gasteiger partial charge is 0.165 e. The molecule has 2 rings (SSSR count). The average molecular weight is 247 g/mol. The van der Waals surface area contributed by atoms with Crippen molar-refractivity contribution in [2.45, 2.75) is 26.2 Å². The number of aromatic hydroxyl groups is 2. The number of anilines is 1. The highest BCUT2D eigenvalue weighted by atomic mass is 16.3. The Morgan fingerprint density at radius 2 is 1.83 bits per heavy atom. The normalized spacial score (nSPS) is 11.7. The van der Waals surface area contributed by atoms with Gasteiger partial charge in [0.2, 0.25) is 0 Å². The predicted octanol–water partition coefficient (Wildman–Crippen LogP) is 2.37. The van der Waals surface area contributed by atoms with Gasteiger partial charge in [-0.05, 0) is 23.1 Å². The van der Waals surface area contributed by atoms with Crippen molar-refractivity contribution >= 4 is 5.82 Å². The number of nitrogens with one attached hydrogen (secondary N) is 1. The molecule has 0 aliphatic carbocycles. The van der Waals surface area contributed by atoms with Gasteiger partial charge in [0, 0.05) is 11.1 Å². The van der Waals surface area contributed by atoms with Crippen molar-refractivity contribution in [3.63, 3.8) is 0 Å². The van der Waals surface area contributed by atoms with E-state index in [1.165, 1.54) is 6.20 Å². The van der Waals surface area contributed by atoms with Crippen LogP contribution in [-0.2, 0) is 5.41 Å². The second-order valence-electron chi connectivity index (χ2n) is 5.34. The molecule has 0 saturated heterocycles. The molecule has 0 aliphatic heterocycles. The zero-order chi connectivity index (χ0) is 13.5. The summed E-state index contributed by atoms with van der Waals surface area (Å²) in [6, 6.07) is 3.38. The van der Waals surface area contributed by atoms with Crippen LogP contribution in [0.1, 0.15) is 26.3 Å². The van der Waals surface area contributed by atoms with Crippen LogP contribution in [-0.4, -0.2) is 20.4 Å². The van der Waals surface area contributed by atoms with Gasteiger partial charge in [-0.3, -0.25) is 5.10 Å². The molecular formula is C13H17N3O2. The third-order valence-corrected chi connectivity index (χ3v) is 2.91. The molecule has 0 saturated carbocycles. The van der Waals surface area contributed by atoms with Gasteiger partial charge >= 0.3 is 0 Å². The number of aromatic nitrogens is 2. The van der Waals surface area contributed by atoms with E-state index in [2.05, 4.69) is 10.2 Å². The van der Waals surface area contributed by atoms with Crippen molar-refractivity contribution in [1.29, 1.82) is 0 Å². The summed E-state index contributed by atoms with van der Waals surface area (Å²) < 4.78 is 0. The lowest BCUT2D eigenvalue weighted by Gasteiger charge is -2.21. The first-order valence-electron chi connectivity index (χ1n) is 5.66. The van der Waals surface area contributed by atoms with Crippen LogP contribution in [0.4, 0.5) is 5.82 Å². The molecule has 0 radical (unpaired) electrons. The lowest BCUT2D eigenvalue weighted by atomic mass is 9.85. The van der Waals surface area contributed by atoms with Gasteiger partial charge in [0.1, 0.15) is 5.82 Å². The molecule has 96 valence electrons. The van der Waals surface area contributed by atoms with Crippen LogP contribution >= 0.6 is 0 Å². The SMILES string of the molecule is CC(C)(C)c1cc(O)c(O)c(-c2cn[nH]c2N)c1. The Bertz CT molecular complexity index is 582. The molecule has 5 heteroatoms. The number of phenolic OH excluding ortho intramolecular Hbond substituents is 2. The Hall–Kier alpha value is -2.17. The first kappa shape index (κ1) is 12.3. The monoisotopic (exact) mass is 247 g/mol. The molecule has 2 aromatic rings. The van der Waals surface area contributed by atoms with E-state index in [4.69, 9.17) is 5.73 Å². The van der Waals surface area contributed by atoms with Crippen LogP contribution < -0.4 is 5.73 Å². The number of benzene rings is 1. The van der Waals surface area contributed by atoms with Crippen LogP contribution in [0.5, 0.6) is 11.5 Å². The standard InChI is InChI=1S/C13H17N3O2/c1-13(2,3)7-4-8(11(18)10(17)5-7)9-6-15-16-12(9)14/h4-6,17-18H,1-3H3,(H3,14,15,16). The van der Waals surface area contributed by atoms with Crippen LogP contribution in [0.3, 0.4) is 0 Å². The summed E-state index contributed by atoms with van der Waals surface area (Å²) in [4.78, 5) is 0. The van der Waals surface area contributed by atoms with Gasteiger partial charge in [0.25, 0.3) is 0 Å². The van der Waals surface area contributed by atoms with E-state index in [1.54, 1.807) is 6.07 Å². The number of rotatable bonds is 1. The Kier molecular flexibility index (Phi) is 2.69. The third-order valence-electron chi connectivity index (χ3n) is 2.91. The summed E-state index contributed by atoms with van der Waals surface area (Å²) >= 11 is 0. The summed E-state index contributed by atoms with van der Waals surface area (Å²) in [5, 5.41) is 26.2. The van der Waals surface area contributed by atoms with Gasteiger partial charge in [-0.1, -0.05) is 20.8 Å². The van der Waals surface area contributed by atoms with Crippen LogP contribution in [0, 0.1) is 0 Å². The lowest BCUT2D eigenvalue weighted by molar-refractivity contribution is 0.403. The molecule has 0 atom stereocenters. The fraction of sp³-hybridized carbons (Fsp3) is 0.308. The predicted molar refractivity (Wildman–Crippen MR) is 70.5 cm³/mol. The second-order valence-corrected chi connectivity index (χ2v) is 5.34. The minimum atomic E-state index is -0.184. The van der Waals surface area contributed by atoms with E-state index in [9.17, 15) is 10.2 Å². The van der Waals surface area contributed by atoms with Gasteiger partial charge in [-0.15, -0.1) is 0 Å². The summed E-state index contributed by atoms with van der Waals surface area (Å²) in [5.74, 6) is 0.0184. The van der Waals surface area contributed by atoms with Crippen molar-refractivity contribution in [1.82, 2.24) is 10.2 Å². The zero-order valence-electron chi connectivity index (χ0n) is 10.7. The van der Waals surface area contributed by atoms with Crippen molar-refractivity contribution in [2.24, 2.45) is 0 Å². The van der Waals surface area contributed by atoms with Gasteiger partial charge in [-0.2, -0.15) is 5.10 Å². The highest BCUT2D eigenvalue weighted by Gasteiger charge is 2.20. The Balaban J connectivity index is 2.68. The van der Waals surface area contributed by atoms with Gasteiger partial charge in [0.05, 0.1) is 6.20 Å². The maximum Gasteiger partial charge on any atom is 0.165 e. The number of nitrogen functional groups attached to an aromatic ring is 1. The highest BCUT2D eigenvalue weighted by Crippen LogP contribution is 2.41. The summed E-state index contributed by atoms with van der Waals surface area (Å²) in [6.45, 7) is 6.09. The maximum absolute atomic E-state index is 9.94. The van der Waals surface area contributed by atoms with Gasteiger partial charge < -0.3 is 15.9 Å². The molecule has 0 spiro atoms. The molecule has 0 bridgehead atoms. The summed E-state index contributed by atoms with van der Waals surface area (Å²) in [5.41, 5.74) is 7.57. The van der Waals surface area contributed by atoms with E-state index < -0.39 is 0 Å². The zero-order valence-corrected chi connectivity index (χ0v) is 10.7. The van der Waals surface area contributed by atoms with E-state index >= 15 is 0 Å². The number of hydrogen-bond acceptors (Lipinski definition) is 4. The molecule has 0 fully saturated rings. The summed E-state index contributed by atoms with van der Waals surface area (Å²) in [7, 11) is 0. The Morgan fingerprint density at radius 3 is 2.33 bits per heavy atom. The van der Waals surface area contributed by atoms with Crippen molar-refractivity contribution in [3.05, 3.63) is 23.9 Å². The number of hydrogen-bond donors (Lipinski definition) is 4. The molecule has 1 aromatic carbocycles. The van der Waals surface area contributed by atoms with Crippen molar-refractivity contribution in [3.8, 4) is 22.6 Å². The van der Waals surface area contributed by atoms with Gasteiger partial charge in [-0.25, -0.2) is 0 Å². The molecule has 5 N–H and O–H groups in total. The second kappa shape index (κ2) is 3.94. The molecule has 5 nitrogen and oxygen atoms in total. The van der Waals surface area contributed by atoms with Crippen LogP contribution in [0.25, 0.3) is 11.1 Å². The first-order chi connectivity index (χ1) is 8.30. The van der Waals surface area contributed by atoms with Crippen molar-refractivity contribution in [2.75, 3.05) is 5.73 Å². The molecule has 0 unspecified atom stereocenters. The Labute approximate surface area is 105 Å². The number of nitrogens with two attached hydrogens (primary N) is 1. The van der Waals surface area contributed by atoms with E-state index in [0.717, 1.165) is 5.56 Å². The van der Waals surface area contributed by atoms with Crippen LogP contribution in [0.15, 0.2) is 18.3 Å². The van der Waals surface area contributed by atoms with E-state index in [-0.39, 0.29) is 16.9 Å². The van der Waals surface area contributed by atoms with Gasteiger partial charge in [0.15, 0.2) is 11.5 Å². The summed E-state index contributed by atoms with van der Waals surface area (Å²) in [6.07, 6.45) is 1.52. The molecule has 1 aromatic heterocycles. The quantitative estimate of drug-likeness (QED) is 0.582. The maximum atomic E-state index is 9.94. The average Bonchev–Trinajstić information content (AvgIpc) is 2.67. The molecule has 18 heavy (non-hydrogen) atoms. The molecular weight excluding hydrogens is 230 g/mol. The minimum absolute atomic E-state index is 0.140. The largest absolute Gasteiger partial charge is 0.504 e. The van der Waals surface area contributed by atoms with Crippen molar-refractivity contribution < 1.29 is 10.2 Å². The first-order valence-corrected chi connectivity index (χ1v) is 5.66. The number of aromatic amines is 1. The fourth-order valence-electron chi connectivity index (χ4n) is 1.77. The molecule has 0 amide bonds. The molecule has 0 aliphatic rings. The number of H-pyrrole nitrogens is 1. The number of phenols is 2. The lowest BCUT2D eigenvalue weighted by Crippen LogP contribution is -2.11.